The lowest BCUT2D eigenvalue weighted by molar-refractivity contribution is -0.113. The van der Waals surface area contributed by atoms with Crippen LogP contribution in [0.3, 0.4) is 0 Å². The number of benzene rings is 2. The van der Waals surface area contributed by atoms with Gasteiger partial charge in [0.1, 0.15) is 0 Å². The number of sulfonamides is 1. The zero-order valence-corrected chi connectivity index (χ0v) is 17.1. The van der Waals surface area contributed by atoms with Crippen LogP contribution in [-0.2, 0) is 20.6 Å². The Balaban J connectivity index is 1.94. The minimum absolute atomic E-state index is 0.154. The summed E-state index contributed by atoms with van der Waals surface area (Å²) in [5, 5.41) is 2.76. The molecule has 0 aromatic heterocycles. The average molecular weight is 393 g/mol. The molecule has 0 heterocycles. The first-order valence-corrected chi connectivity index (χ1v) is 10.8. The predicted molar refractivity (Wildman–Crippen MR) is 108 cm³/mol. The normalized spacial score (nSPS) is 11.6. The predicted octanol–water partition coefficient (Wildman–Crippen LogP) is 3.43. The van der Waals surface area contributed by atoms with Crippen LogP contribution < -0.4 is 5.32 Å². The van der Waals surface area contributed by atoms with Crippen molar-refractivity contribution in [1.29, 1.82) is 0 Å². The molecule has 0 saturated heterocycles. The van der Waals surface area contributed by atoms with Crippen LogP contribution in [0, 0.1) is 13.8 Å². The highest BCUT2D eigenvalue weighted by atomic mass is 32.2. The minimum atomic E-state index is -3.52. The first-order valence-electron chi connectivity index (χ1n) is 8.16. The Morgan fingerprint density at radius 3 is 2.35 bits per heavy atom. The van der Waals surface area contributed by atoms with Gasteiger partial charge in [0.05, 0.1) is 10.6 Å². The molecule has 140 valence electrons. The summed E-state index contributed by atoms with van der Waals surface area (Å²) in [7, 11) is -0.567. The van der Waals surface area contributed by atoms with Gasteiger partial charge < -0.3 is 5.32 Å². The lowest BCUT2D eigenvalue weighted by Gasteiger charge is -2.12. The fourth-order valence-electron chi connectivity index (χ4n) is 2.56. The van der Waals surface area contributed by atoms with Crippen molar-refractivity contribution in [3.05, 3.63) is 59.2 Å². The van der Waals surface area contributed by atoms with Gasteiger partial charge in [0.2, 0.25) is 15.9 Å². The number of nitrogens with one attached hydrogen (secondary N) is 1. The van der Waals surface area contributed by atoms with Gasteiger partial charge in [0, 0.05) is 25.5 Å². The molecule has 0 radical (unpaired) electrons. The van der Waals surface area contributed by atoms with E-state index in [9.17, 15) is 13.2 Å². The van der Waals surface area contributed by atoms with Crippen LogP contribution in [0.4, 0.5) is 5.69 Å². The topological polar surface area (TPSA) is 66.5 Å². The number of hydrogen-bond donors (Lipinski definition) is 1. The number of nitrogens with zero attached hydrogens (tertiary/aromatic N) is 1. The van der Waals surface area contributed by atoms with Crippen molar-refractivity contribution in [2.75, 3.05) is 25.2 Å². The van der Waals surface area contributed by atoms with Gasteiger partial charge in [0.15, 0.2) is 0 Å². The van der Waals surface area contributed by atoms with Gasteiger partial charge in [-0.3, -0.25) is 4.79 Å². The van der Waals surface area contributed by atoms with E-state index in [1.165, 1.54) is 54.7 Å². The highest BCUT2D eigenvalue weighted by Crippen LogP contribution is 2.19. The van der Waals surface area contributed by atoms with Crippen LogP contribution >= 0.6 is 11.8 Å². The van der Waals surface area contributed by atoms with Crippen molar-refractivity contribution in [2.24, 2.45) is 0 Å². The Morgan fingerprint density at radius 1 is 1.08 bits per heavy atom. The monoisotopic (exact) mass is 392 g/mol. The Labute approximate surface area is 159 Å². The van der Waals surface area contributed by atoms with Crippen molar-refractivity contribution in [3.63, 3.8) is 0 Å². The van der Waals surface area contributed by atoms with Crippen molar-refractivity contribution >= 4 is 33.4 Å². The third-order valence-corrected chi connectivity index (χ3v) is 6.49. The van der Waals surface area contributed by atoms with Gasteiger partial charge in [0.25, 0.3) is 0 Å². The third kappa shape index (κ3) is 5.59. The van der Waals surface area contributed by atoms with Gasteiger partial charge in [-0.05, 0) is 37.6 Å². The molecule has 2 aromatic rings. The SMILES string of the molecule is Cc1cc(C)cc(CSCC(=O)Nc2cccc(S(=O)(=O)N(C)C)c2)c1. The van der Waals surface area contributed by atoms with E-state index in [1.807, 2.05) is 0 Å². The smallest absolute Gasteiger partial charge is 0.242 e. The third-order valence-electron chi connectivity index (χ3n) is 3.68. The van der Waals surface area contributed by atoms with Gasteiger partial charge in [-0.2, -0.15) is 0 Å². The fraction of sp³-hybridized carbons (Fsp3) is 0.316. The molecule has 0 spiro atoms. The summed E-state index contributed by atoms with van der Waals surface area (Å²) >= 11 is 1.53. The molecule has 0 fully saturated rings. The standard InChI is InChI=1S/C19H24N2O3S2/c1-14-8-15(2)10-16(9-14)12-25-13-19(22)20-17-6-5-7-18(11-17)26(23,24)21(3)4/h5-11H,12-13H2,1-4H3,(H,20,22). The van der Waals surface area contributed by atoms with Gasteiger partial charge in [-0.15, -0.1) is 11.8 Å². The largest absolute Gasteiger partial charge is 0.325 e. The van der Waals surface area contributed by atoms with E-state index in [2.05, 4.69) is 37.4 Å². The van der Waals surface area contributed by atoms with Gasteiger partial charge in [-0.25, -0.2) is 12.7 Å². The first kappa shape index (κ1) is 20.5. The molecule has 0 bridgehead atoms. The van der Waals surface area contributed by atoms with Crippen LogP contribution in [0.25, 0.3) is 0 Å². The zero-order valence-electron chi connectivity index (χ0n) is 15.4. The molecular formula is C19H24N2O3S2. The molecule has 0 aliphatic carbocycles. The number of carbonyl (C=O) groups excluding carboxylic acids is 1. The Kier molecular flexibility index (Phi) is 6.86. The molecule has 0 unspecified atom stereocenters. The maximum Gasteiger partial charge on any atom is 0.242 e. The molecule has 2 rings (SSSR count). The van der Waals surface area contributed by atoms with Gasteiger partial charge >= 0.3 is 0 Å². The maximum atomic E-state index is 12.2. The van der Waals surface area contributed by atoms with Crippen molar-refractivity contribution in [3.8, 4) is 0 Å². The molecule has 0 atom stereocenters. The van der Waals surface area contributed by atoms with Crippen LogP contribution in [0.1, 0.15) is 16.7 Å². The molecule has 1 N–H and O–H groups in total. The lowest BCUT2D eigenvalue weighted by Crippen LogP contribution is -2.22. The number of hydrogen-bond acceptors (Lipinski definition) is 4. The maximum absolute atomic E-state index is 12.2. The molecule has 0 aliphatic heterocycles. The quantitative estimate of drug-likeness (QED) is 0.784. The second-order valence-corrected chi connectivity index (χ2v) is 9.49. The number of carbonyl (C=O) groups is 1. The van der Waals surface area contributed by atoms with Crippen LogP contribution in [0.2, 0.25) is 0 Å². The van der Waals surface area contributed by atoms with E-state index in [-0.39, 0.29) is 10.8 Å². The highest BCUT2D eigenvalue weighted by Gasteiger charge is 2.17. The summed E-state index contributed by atoms with van der Waals surface area (Å²) in [6.07, 6.45) is 0. The van der Waals surface area contributed by atoms with E-state index < -0.39 is 10.0 Å². The summed E-state index contributed by atoms with van der Waals surface area (Å²) in [4.78, 5) is 12.3. The molecule has 26 heavy (non-hydrogen) atoms. The Hall–Kier alpha value is -1.83. The molecule has 2 aromatic carbocycles. The summed E-state index contributed by atoms with van der Waals surface area (Å²) in [5.41, 5.74) is 4.09. The summed E-state index contributed by atoms with van der Waals surface area (Å²) in [6.45, 7) is 4.12. The second-order valence-electron chi connectivity index (χ2n) is 6.35. The van der Waals surface area contributed by atoms with E-state index in [0.29, 0.717) is 11.4 Å². The number of thioether (sulfide) groups is 1. The van der Waals surface area contributed by atoms with E-state index in [1.54, 1.807) is 12.1 Å². The fourth-order valence-corrected chi connectivity index (χ4v) is 4.27. The molecule has 5 nitrogen and oxygen atoms in total. The second kappa shape index (κ2) is 8.70. The molecule has 0 aliphatic rings. The Bertz CT molecular complexity index is 873. The highest BCUT2D eigenvalue weighted by molar-refractivity contribution is 7.99. The molecule has 1 amide bonds. The van der Waals surface area contributed by atoms with E-state index >= 15 is 0 Å². The molecule has 7 heteroatoms. The number of amides is 1. The summed E-state index contributed by atoms with van der Waals surface area (Å²) in [5.74, 6) is 0.904. The van der Waals surface area contributed by atoms with E-state index in [4.69, 9.17) is 0 Å². The zero-order chi connectivity index (χ0) is 19.3. The van der Waals surface area contributed by atoms with E-state index in [0.717, 1.165) is 10.1 Å². The number of anilines is 1. The van der Waals surface area contributed by atoms with Crippen LogP contribution in [0.15, 0.2) is 47.4 Å². The number of aryl methyl sites for hydroxylation is 2. The molecule has 0 saturated carbocycles. The molecular weight excluding hydrogens is 368 g/mol. The minimum Gasteiger partial charge on any atom is -0.325 e. The first-order chi connectivity index (χ1) is 12.2. The van der Waals surface area contributed by atoms with Crippen LogP contribution in [-0.4, -0.2) is 38.5 Å². The summed E-state index contributed by atoms with van der Waals surface area (Å²) < 4.78 is 25.5. The van der Waals surface area contributed by atoms with Crippen molar-refractivity contribution in [1.82, 2.24) is 4.31 Å². The van der Waals surface area contributed by atoms with Crippen molar-refractivity contribution < 1.29 is 13.2 Å². The van der Waals surface area contributed by atoms with Crippen LogP contribution in [0.5, 0.6) is 0 Å². The van der Waals surface area contributed by atoms with Gasteiger partial charge in [-0.1, -0.05) is 35.4 Å². The summed E-state index contributed by atoms with van der Waals surface area (Å²) in [6, 6.07) is 12.6. The van der Waals surface area contributed by atoms with Crippen molar-refractivity contribution in [2.45, 2.75) is 24.5 Å². The number of rotatable bonds is 7. The lowest BCUT2D eigenvalue weighted by atomic mass is 10.1. The average Bonchev–Trinajstić information content (AvgIpc) is 2.54. The Morgan fingerprint density at radius 2 is 1.73 bits per heavy atom.